The Bertz CT molecular complexity index is 1340. The summed E-state index contributed by atoms with van der Waals surface area (Å²) in [6.45, 7) is 0. The van der Waals surface area contributed by atoms with Crippen LogP contribution in [0.4, 0.5) is 13.2 Å². The normalized spacial score (nSPS) is 15.1. The third kappa shape index (κ3) is 4.13. The molecule has 33 heavy (non-hydrogen) atoms. The van der Waals surface area contributed by atoms with Crippen LogP contribution in [-0.4, -0.2) is 19.5 Å². The molecule has 8 heteroatoms. The number of alkyl halides is 3. The molecule has 4 aromatic rings. The summed E-state index contributed by atoms with van der Waals surface area (Å²) in [5, 5.41) is 0.395. The lowest BCUT2D eigenvalue weighted by Gasteiger charge is -2.24. The van der Waals surface area contributed by atoms with Gasteiger partial charge in [-0.15, -0.1) is 0 Å². The molecule has 1 fully saturated rings. The smallest absolute Gasteiger partial charge is 0.296 e. The first-order valence-corrected chi connectivity index (χ1v) is 10.9. The van der Waals surface area contributed by atoms with Crippen molar-refractivity contribution < 1.29 is 13.2 Å². The predicted octanol–water partition coefficient (Wildman–Crippen LogP) is 6.04. The number of hydrogen-bond acceptors (Lipinski definition) is 4. The molecule has 1 saturated carbocycles. The van der Waals surface area contributed by atoms with Crippen molar-refractivity contribution in [2.45, 2.75) is 44.3 Å². The van der Waals surface area contributed by atoms with Crippen molar-refractivity contribution in [3.8, 4) is 22.5 Å². The van der Waals surface area contributed by atoms with Gasteiger partial charge in [0.1, 0.15) is 5.52 Å². The fraction of sp³-hybridized carbons (Fsp3) is 0.280. The van der Waals surface area contributed by atoms with E-state index in [4.69, 9.17) is 0 Å². The van der Waals surface area contributed by atoms with Gasteiger partial charge in [0.2, 0.25) is 0 Å². The van der Waals surface area contributed by atoms with Crippen LogP contribution >= 0.6 is 0 Å². The molecule has 5 rings (SSSR count). The van der Waals surface area contributed by atoms with Crippen LogP contribution in [0, 0.1) is 0 Å². The zero-order valence-corrected chi connectivity index (χ0v) is 17.7. The van der Waals surface area contributed by atoms with E-state index in [1.807, 2.05) is 6.07 Å². The second-order valence-corrected chi connectivity index (χ2v) is 8.32. The summed E-state index contributed by atoms with van der Waals surface area (Å²) in [6, 6.07) is 10.1. The van der Waals surface area contributed by atoms with Crippen molar-refractivity contribution in [2.24, 2.45) is 0 Å². The zero-order chi connectivity index (χ0) is 23.0. The number of pyridine rings is 2. The third-order valence-corrected chi connectivity index (χ3v) is 6.18. The van der Waals surface area contributed by atoms with Gasteiger partial charge in [-0.25, -0.2) is 9.97 Å². The molecule has 1 aliphatic carbocycles. The number of rotatable bonds is 3. The summed E-state index contributed by atoms with van der Waals surface area (Å²) >= 11 is 0. The molecular formula is C25H21F3N4O. The maximum absolute atomic E-state index is 13.5. The summed E-state index contributed by atoms with van der Waals surface area (Å²) in [4.78, 5) is 26.9. The van der Waals surface area contributed by atoms with Gasteiger partial charge in [-0.05, 0) is 43.2 Å². The second kappa shape index (κ2) is 8.42. The quantitative estimate of drug-likeness (QED) is 0.382. The predicted molar refractivity (Wildman–Crippen MR) is 120 cm³/mol. The summed E-state index contributed by atoms with van der Waals surface area (Å²) in [5.74, 6) is 0. The Morgan fingerprint density at radius 3 is 2.39 bits per heavy atom. The zero-order valence-electron chi connectivity index (χ0n) is 17.7. The number of halogens is 3. The first-order chi connectivity index (χ1) is 15.9. The van der Waals surface area contributed by atoms with Gasteiger partial charge in [0.15, 0.2) is 0 Å². The summed E-state index contributed by atoms with van der Waals surface area (Å²) < 4.78 is 40.7. The molecule has 168 valence electrons. The van der Waals surface area contributed by atoms with E-state index in [0.29, 0.717) is 33.4 Å². The van der Waals surface area contributed by atoms with Crippen LogP contribution in [0.2, 0.25) is 0 Å². The molecule has 0 unspecified atom stereocenters. The molecule has 0 saturated heterocycles. The highest BCUT2D eigenvalue weighted by Gasteiger charge is 2.30. The van der Waals surface area contributed by atoms with Gasteiger partial charge >= 0.3 is 6.18 Å². The molecule has 0 atom stereocenters. The van der Waals surface area contributed by atoms with Crippen LogP contribution in [0.15, 0.2) is 66.0 Å². The number of aromatic nitrogens is 4. The van der Waals surface area contributed by atoms with Crippen molar-refractivity contribution in [3.63, 3.8) is 0 Å². The average molecular weight is 450 g/mol. The highest BCUT2D eigenvalue weighted by molar-refractivity contribution is 5.93. The van der Waals surface area contributed by atoms with Gasteiger partial charge in [-0.1, -0.05) is 31.4 Å². The molecule has 3 heterocycles. The largest absolute Gasteiger partial charge is 0.416 e. The fourth-order valence-electron chi connectivity index (χ4n) is 4.44. The van der Waals surface area contributed by atoms with Gasteiger partial charge < -0.3 is 0 Å². The molecule has 1 aromatic carbocycles. The Morgan fingerprint density at radius 1 is 0.970 bits per heavy atom. The highest BCUT2D eigenvalue weighted by atomic mass is 19.4. The first-order valence-electron chi connectivity index (χ1n) is 10.9. The number of nitrogens with zero attached hydrogens (tertiary/aromatic N) is 4. The molecule has 3 aromatic heterocycles. The summed E-state index contributed by atoms with van der Waals surface area (Å²) in [6.07, 6.45) is 5.61. The van der Waals surface area contributed by atoms with Crippen LogP contribution in [-0.2, 0) is 6.18 Å². The van der Waals surface area contributed by atoms with E-state index in [1.165, 1.54) is 18.6 Å². The van der Waals surface area contributed by atoms with Crippen molar-refractivity contribution in [3.05, 3.63) is 77.1 Å². The molecule has 0 aliphatic heterocycles. The van der Waals surface area contributed by atoms with E-state index in [0.717, 1.165) is 37.8 Å². The van der Waals surface area contributed by atoms with Crippen molar-refractivity contribution in [2.75, 3.05) is 0 Å². The van der Waals surface area contributed by atoms with E-state index < -0.39 is 11.7 Å². The summed E-state index contributed by atoms with van der Waals surface area (Å²) in [7, 11) is 0. The Morgan fingerprint density at radius 2 is 1.73 bits per heavy atom. The van der Waals surface area contributed by atoms with Crippen LogP contribution in [0.25, 0.3) is 33.4 Å². The number of benzene rings is 1. The van der Waals surface area contributed by atoms with Crippen LogP contribution in [0.5, 0.6) is 0 Å². The summed E-state index contributed by atoms with van der Waals surface area (Å²) in [5.41, 5.74) is 1.61. The van der Waals surface area contributed by atoms with E-state index >= 15 is 0 Å². The van der Waals surface area contributed by atoms with Gasteiger partial charge in [0, 0.05) is 29.6 Å². The SMILES string of the molecule is O=c1c2cc(-c3ccc(C(F)(F)F)cc3)nc(-c3cccnc3)c2ncn1C1CCCCC1. The van der Waals surface area contributed by atoms with E-state index in [1.54, 1.807) is 35.4 Å². The van der Waals surface area contributed by atoms with E-state index in [-0.39, 0.29) is 11.6 Å². The Labute approximate surface area is 188 Å². The lowest BCUT2D eigenvalue weighted by atomic mass is 9.95. The maximum atomic E-state index is 13.5. The van der Waals surface area contributed by atoms with Gasteiger partial charge in [-0.3, -0.25) is 14.3 Å². The first kappa shape index (κ1) is 21.3. The average Bonchev–Trinajstić information content (AvgIpc) is 2.84. The minimum Gasteiger partial charge on any atom is -0.296 e. The molecule has 0 bridgehead atoms. The van der Waals surface area contributed by atoms with Crippen molar-refractivity contribution in [1.29, 1.82) is 0 Å². The van der Waals surface area contributed by atoms with Gasteiger partial charge in [-0.2, -0.15) is 13.2 Å². The molecule has 5 nitrogen and oxygen atoms in total. The number of fused-ring (bicyclic) bond motifs is 1. The standard InChI is InChI=1S/C25H21F3N4O/c26-25(27,28)18-10-8-16(9-11-18)21-13-20-23(22(31-21)17-5-4-12-29-14-17)30-15-32(24(20)33)19-6-2-1-3-7-19/h4-5,8-15,19H,1-3,6-7H2. The molecule has 0 radical (unpaired) electrons. The topological polar surface area (TPSA) is 60.7 Å². The molecule has 0 N–H and O–H groups in total. The molecular weight excluding hydrogens is 429 g/mol. The molecule has 1 aliphatic rings. The highest BCUT2D eigenvalue weighted by Crippen LogP contribution is 2.33. The molecule has 0 amide bonds. The Hall–Kier alpha value is -3.55. The minimum absolute atomic E-state index is 0.104. The molecule has 0 spiro atoms. The fourth-order valence-corrected chi connectivity index (χ4v) is 4.44. The van der Waals surface area contributed by atoms with E-state index in [2.05, 4.69) is 15.0 Å². The van der Waals surface area contributed by atoms with Crippen molar-refractivity contribution in [1.82, 2.24) is 19.5 Å². The minimum atomic E-state index is -4.42. The number of hydrogen-bond donors (Lipinski definition) is 0. The maximum Gasteiger partial charge on any atom is 0.416 e. The van der Waals surface area contributed by atoms with Gasteiger partial charge in [0.25, 0.3) is 5.56 Å². The van der Waals surface area contributed by atoms with Crippen LogP contribution < -0.4 is 5.56 Å². The lowest BCUT2D eigenvalue weighted by Crippen LogP contribution is -2.27. The van der Waals surface area contributed by atoms with Crippen LogP contribution in [0.1, 0.15) is 43.7 Å². The lowest BCUT2D eigenvalue weighted by molar-refractivity contribution is -0.137. The van der Waals surface area contributed by atoms with E-state index in [9.17, 15) is 18.0 Å². The Kier molecular flexibility index (Phi) is 5.44. The van der Waals surface area contributed by atoms with Crippen LogP contribution in [0.3, 0.4) is 0 Å². The monoisotopic (exact) mass is 450 g/mol. The van der Waals surface area contributed by atoms with Crippen molar-refractivity contribution >= 4 is 10.9 Å². The Balaban J connectivity index is 1.71. The third-order valence-electron chi connectivity index (χ3n) is 6.18. The van der Waals surface area contributed by atoms with Gasteiger partial charge in [0.05, 0.1) is 28.7 Å². The second-order valence-electron chi connectivity index (χ2n) is 8.32.